The summed E-state index contributed by atoms with van der Waals surface area (Å²) in [6, 6.07) is 9.10. The van der Waals surface area contributed by atoms with Gasteiger partial charge in [0.25, 0.3) is 0 Å². The first-order valence-corrected chi connectivity index (χ1v) is 5.37. The second-order valence-corrected chi connectivity index (χ2v) is 3.47. The molecule has 1 heterocycles. The van der Waals surface area contributed by atoms with Crippen LogP contribution >= 0.6 is 0 Å². The lowest BCUT2D eigenvalue weighted by Gasteiger charge is -1.95. The highest BCUT2D eigenvalue weighted by atomic mass is 16.4. The fraction of sp³-hybridized carbons (Fsp3) is 0.250. The number of hydrogen-bond donors (Lipinski definition) is 1. The summed E-state index contributed by atoms with van der Waals surface area (Å²) in [5.41, 5.74) is 1.43. The minimum Gasteiger partial charge on any atom is -0.419 e. The summed E-state index contributed by atoms with van der Waals surface area (Å²) < 4.78 is 5.48. The highest BCUT2D eigenvalue weighted by molar-refractivity contribution is 5.54. The lowest BCUT2D eigenvalue weighted by atomic mass is 10.1. The summed E-state index contributed by atoms with van der Waals surface area (Å²) in [5, 5.41) is 19.7. The van der Waals surface area contributed by atoms with E-state index >= 15 is 0 Å². The number of aromatic nitrogens is 2. The molecule has 0 bridgehead atoms. The second kappa shape index (κ2) is 5.23. The topological polar surface area (TPSA) is 74.7 Å². The van der Waals surface area contributed by atoms with Crippen molar-refractivity contribution in [2.24, 2.45) is 0 Å². The maximum atomic E-state index is 8.69. The van der Waals surface area contributed by atoms with E-state index in [-0.39, 0.29) is 0 Å². The van der Waals surface area contributed by atoms with E-state index in [0.717, 1.165) is 12.1 Å². The summed E-state index contributed by atoms with van der Waals surface area (Å²) in [4.78, 5) is 0. The smallest absolute Gasteiger partial charge is 0.247 e. The largest absolute Gasteiger partial charge is 0.419 e. The first-order valence-electron chi connectivity index (χ1n) is 5.37. The van der Waals surface area contributed by atoms with E-state index < -0.39 is 0 Å². The van der Waals surface area contributed by atoms with Crippen molar-refractivity contribution < 1.29 is 4.42 Å². The molecule has 0 saturated heterocycles. The summed E-state index contributed by atoms with van der Waals surface area (Å²) >= 11 is 0. The Morgan fingerprint density at radius 3 is 2.71 bits per heavy atom. The lowest BCUT2D eigenvalue weighted by molar-refractivity contribution is 0.482. The normalized spacial score (nSPS) is 10.1. The molecule has 1 aromatic carbocycles. The number of nitrogens with one attached hydrogen (secondary N) is 1. The number of nitrogens with zero attached hydrogens (tertiary/aromatic N) is 3. The lowest BCUT2D eigenvalue weighted by Crippen LogP contribution is -2.11. The molecule has 0 amide bonds. The van der Waals surface area contributed by atoms with Crippen molar-refractivity contribution in [1.82, 2.24) is 15.5 Å². The molecule has 0 saturated carbocycles. The van der Waals surface area contributed by atoms with Gasteiger partial charge in [-0.25, -0.2) is 0 Å². The van der Waals surface area contributed by atoms with Gasteiger partial charge in [0.05, 0.1) is 18.2 Å². The molecule has 2 rings (SSSR count). The fourth-order valence-electron chi connectivity index (χ4n) is 1.36. The molecule has 0 atom stereocenters. The van der Waals surface area contributed by atoms with Crippen LogP contribution in [0.25, 0.3) is 11.5 Å². The quantitative estimate of drug-likeness (QED) is 0.862. The van der Waals surface area contributed by atoms with Crippen molar-refractivity contribution in [3.05, 3.63) is 35.7 Å². The van der Waals surface area contributed by atoms with Crippen molar-refractivity contribution >= 4 is 0 Å². The highest BCUT2D eigenvalue weighted by Gasteiger charge is 2.07. The average Bonchev–Trinajstić information content (AvgIpc) is 2.85. The van der Waals surface area contributed by atoms with Gasteiger partial charge < -0.3 is 9.73 Å². The van der Waals surface area contributed by atoms with Crippen LogP contribution in [0.1, 0.15) is 18.4 Å². The maximum Gasteiger partial charge on any atom is 0.247 e. The molecule has 0 fully saturated rings. The Kier molecular flexibility index (Phi) is 3.48. The van der Waals surface area contributed by atoms with Gasteiger partial charge in [-0.2, -0.15) is 5.26 Å². The van der Waals surface area contributed by atoms with Crippen molar-refractivity contribution in [1.29, 1.82) is 5.26 Å². The van der Waals surface area contributed by atoms with Gasteiger partial charge in [0, 0.05) is 5.56 Å². The van der Waals surface area contributed by atoms with Crippen LogP contribution in [0.2, 0.25) is 0 Å². The van der Waals surface area contributed by atoms with E-state index in [4.69, 9.17) is 9.68 Å². The molecule has 1 aromatic heterocycles. The molecule has 86 valence electrons. The van der Waals surface area contributed by atoms with Gasteiger partial charge in [-0.3, -0.25) is 0 Å². The Morgan fingerprint density at radius 1 is 1.29 bits per heavy atom. The molecule has 0 spiro atoms. The fourth-order valence-corrected chi connectivity index (χ4v) is 1.36. The molecule has 0 radical (unpaired) electrons. The van der Waals surface area contributed by atoms with E-state index in [1.54, 1.807) is 24.3 Å². The average molecular weight is 228 g/mol. The SMILES string of the molecule is CCNCc1nnc(-c2ccc(C#N)cc2)o1. The Balaban J connectivity index is 2.16. The Hall–Kier alpha value is -2.19. The van der Waals surface area contributed by atoms with Gasteiger partial charge in [-0.15, -0.1) is 10.2 Å². The molecule has 0 unspecified atom stereocenters. The van der Waals surface area contributed by atoms with Crippen molar-refractivity contribution in [2.45, 2.75) is 13.5 Å². The van der Waals surface area contributed by atoms with E-state index in [2.05, 4.69) is 21.6 Å². The zero-order valence-corrected chi connectivity index (χ0v) is 9.47. The number of rotatable bonds is 4. The van der Waals surface area contributed by atoms with Gasteiger partial charge in [0.15, 0.2) is 0 Å². The third-order valence-electron chi connectivity index (χ3n) is 2.25. The Bertz CT molecular complexity index is 524. The first-order chi connectivity index (χ1) is 8.33. The molecule has 17 heavy (non-hydrogen) atoms. The van der Waals surface area contributed by atoms with Crippen LogP contribution in [0.3, 0.4) is 0 Å². The second-order valence-electron chi connectivity index (χ2n) is 3.47. The van der Waals surface area contributed by atoms with Gasteiger partial charge in [0.2, 0.25) is 11.8 Å². The van der Waals surface area contributed by atoms with Crippen LogP contribution in [0, 0.1) is 11.3 Å². The number of benzene rings is 1. The molecule has 0 aliphatic heterocycles. The predicted octanol–water partition coefficient (Wildman–Crippen LogP) is 1.72. The van der Waals surface area contributed by atoms with Gasteiger partial charge >= 0.3 is 0 Å². The van der Waals surface area contributed by atoms with Crippen LogP contribution in [0.15, 0.2) is 28.7 Å². The molecular formula is C12H12N4O. The summed E-state index contributed by atoms with van der Waals surface area (Å²) in [7, 11) is 0. The predicted molar refractivity (Wildman–Crippen MR) is 61.8 cm³/mol. The van der Waals surface area contributed by atoms with Crippen molar-refractivity contribution in [3.8, 4) is 17.5 Å². The molecule has 5 heteroatoms. The zero-order valence-electron chi connectivity index (χ0n) is 9.47. The number of nitriles is 1. The van der Waals surface area contributed by atoms with E-state index in [0.29, 0.717) is 23.9 Å². The van der Waals surface area contributed by atoms with Crippen LogP contribution < -0.4 is 5.32 Å². The van der Waals surface area contributed by atoms with Crippen LogP contribution in [-0.4, -0.2) is 16.7 Å². The van der Waals surface area contributed by atoms with E-state index in [9.17, 15) is 0 Å². The van der Waals surface area contributed by atoms with Crippen LogP contribution in [0.4, 0.5) is 0 Å². The minimum absolute atomic E-state index is 0.474. The van der Waals surface area contributed by atoms with Gasteiger partial charge in [-0.1, -0.05) is 6.92 Å². The molecule has 0 aliphatic carbocycles. The highest BCUT2D eigenvalue weighted by Crippen LogP contribution is 2.17. The summed E-state index contributed by atoms with van der Waals surface area (Å²) in [5.74, 6) is 1.04. The van der Waals surface area contributed by atoms with Gasteiger partial charge in [0.1, 0.15) is 0 Å². The van der Waals surface area contributed by atoms with E-state index in [1.165, 1.54) is 0 Å². The van der Waals surface area contributed by atoms with Crippen LogP contribution in [-0.2, 0) is 6.54 Å². The van der Waals surface area contributed by atoms with Gasteiger partial charge in [-0.05, 0) is 30.8 Å². The monoisotopic (exact) mass is 228 g/mol. The number of hydrogen-bond acceptors (Lipinski definition) is 5. The summed E-state index contributed by atoms with van der Waals surface area (Å²) in [6.07, 6.45) is 0. The third kappa shape index (κ3) is 2.68. The standard InChI is InChI=1S/C12H12N4O/c1-2-14-8-11-15-16-12(17-11)10-5-3-9(7-13)4-6-10/h3-6,14H,2,8H2,1H3. The minimum atomic E-state index is 0.474. The summed E-state index contributed by atoms with van der Waals surface area (Å²) in [6.45, 7) is 3.44. The molecule has 5 nitrogen and oxygen atoms in total. The molecule has 0 aliphatic rings. The Labute approximate surface area is 99.1 Å². The van der Waals surface area contributed by atoms with Crippen molar-refractivity contribution in [3.63, 3.8) is 0 Å². The third-order valence-corrected chi connectivity index (χ3v) is 2.25. The first kappa shape index (κ1) is 11.3. The molecule has 1 N–H and O–H groups in total. The van der Waals surface area contributed by atoms with Crippen LogP contribution in [0.5, 0.6) is 0 Å². The zero-order chi connectivity index (χ0) is 12.1. The molecule has 2 aromatic rings. The Morgan fingerprint density at radius 2 is 2.06 bits per heavy atom. The molecular weight excluding hydrogens is 216 g/mol. The van der Waals surface area contributed by atoms with E-state index in [1.807, 2.05) is 6.92 Å². The maximum absolute atomic E-state index is 8.69. The van der Waals surface area contributed by atoms with Crippen molar-refractivity contribution in [2.75, 3.05) is 6.54 Å².